The van der Waals surface area contributed by atoms with Gasteiger partial charge in [-0.3, -0.25) is 9.89 Å². The Morgan fingerprint density at radius 2 is 2.17 bits per heavy atom. The number of rotatable bonds is 3. The van der Waals surface area contributed by atoms with Crippen LogP contribution in [-0.2, 0) is 0 Å². The molecule has 2 aromatic rings. The molecule has 0 saturated carbocycles. The first-order chi connectivity index (χ1) is 8.49. The number of carbonyl (C=O) groups excluding carboxylic acids is 1. The third kappa shape index (κ3) is 2.43. The maximum absolute atomic E-state index is 12.0. The van der Waals surface area contributed by atoms with Crippen LogP contribution < -0.4 is 5.32 Å². The molecule has 2 heterocycles. The van der Waals surface area contributed by atoms with E-state index in [9.17, 15) is 4.79 Å². The average Bonchev–Trinajstić information content (AvgIpc) is 2.84. The molecule has 2 rings (SSSR count). The number of carbonyl (C=O) groups is 1. The van der Waals surface area contributed by atoms with Crippen molar-refractivity contribution in [3.63, 3.8) is 0 Å². The minimum atomic E-state index is -0.112. The lowest BCUT2D eigenvalue weighted by atomic mass is 10.2. The predicted octanol–water partition coefficient (Wildman–Crippen LogP) is 2.28. The van der Waals surface area contributed by atoms with Crippen LogP contribution in [0.3, 0.4) is 0 Å². The molecule has 0 fully saturated rings. The normalized spacial score (nSPS) is 12.4. The van der Waals surface area contributed by atoms with Crippen LogP contribution in [0.15, 0.2) is 6.20 Å². The first-order valence-electron chi connectivity index (χ1n) is 5.73. The number of amides is 1. The van der Waals surface area contributed by atoms with E-state index in [0.29, 0.717) is 5.56 Å². The SMILES string of the molecule is Cc1nc(C)c(C(C)NC(=O)c2cn[nH]c2C)s1. The third-order valence-electron chi connectivity index (χ3n) is 2.75. The van der Waals surface area contributed by atoms with E-state index in [-0.39, 0.29) is 11.9 Å². The monoisotopic (exact) mass is 264 g/mol. The van der Waals surface area contributed by atoms with Gasteiger partial charge in [0.25, 0.3) is 5.91 Å². The quantitative estimate of drug-likeness (QED) is 0.893. The van der Waals surface area contributed by atoms with E-state index in [4.69, 9.17) is 0 Å². The van der Waals surface area contributed by atoms with Gasteiger partial charge in [-0.05, 0) is 27.7 Å². The molecule has 0 aromatic carbocycles. The molecule has 0 aliphatic rings. The van der Waals surface area contributed by atoms with Gasteiger partial charge < -0.3 is 5.32 Å². The fourth-order valence-electron chi connectivity index (χ4n) is 1.87. The van der Waals surface area contributed by atoms with E-state index in [1.54, 1.807) is 17.5 Å². The molecule has 0 aliphatic carbocycles. The van der Waals surface area contributed by atoms with Crippen LogP contribution in [-0.4, -0.2) is 21.1 Å². The van der Waals surface area contributed by atoms with E-state index < -0.39 is 0 Å². The molecule has 5 nitrogen and oxygen atoms in total. The van der Waals surface area contributed by atoms with E-state index in [2.05, 4.69) is 20.5 Å². The predicted molar refractivity (Wildman–Crippen MR) is 70.8 cm³/mol. The second-order valence-electron chi connectivity index (χ2n) is 4.29. The van der Waals surface area contributed by atoms with Gasteiger partial charge in [-0.15, -0.1) is 11.3 Å². The van der Waals surface area contributed by atoms with E-state index in [1.807, 2.05) is 27.7 Å². The minimum absolute atomic E-state index is 0.0435. The molecule has 1 unspecified atom stereocenters. The summed E-state index contributed by atoms with van der Waals surface area (Å²) in [6, 6.07) is -0.0435. The van der Waals surface area contributed by atoms with Crippen molar-refractivity contribution < 1.29 is 4.79 Å². The zero-order valence-corrected chi connectivity index (χ0v) is 11.7. The fourth-order valence-corrected chi connectivity index (χ4v) is 2.80. The summed E-state index contributed by atoms with van der Waals surface area (Å²) in [5.74, 6) is -0.112. The second-order valence-corrected chi connectivity index (χ2v) is 5.52. The van der Waals surface area contributed by atoms with Crippen molar-refractivity contribution in [2.75, 3.05) is 0 Å². The van der Waals surface area contributed by atoms with Crippen molar-refractivity contribution in [3.05, 3.63) is 33.0 Å². The molecule has 2 N–H and O–H groups in total. The van der Waals surface area contributed by atoms with Crippen molar-refractivity contribution in [1.82, 2.24) is 20.5 Å². The number of hydrogen-bond donors (Lipinski definition) is 2. The van der Waals surface area contributed by atoms with Crippen LogP contribution in [0.2, 0.25) is 0 Å². The minimum Gasteiger partial charge on any atom is -0.345 e. The summed E-state index contributed by atoms with van der Waals surface area (Å²) >= 11 is 1.62. The summed E-state index contributed by atoms with van der Waals surface area (Å²) in [5, 5.41) is 10.6. The van der Waals surface area contributed by atoms with Crippen LogP contribution in [0.1, 0.15) is 44.6 Å². The van der Waals surface area contributed by atoms with Gasteiger partial charge in [-0.1, -0.05) is 0 Å². The molecule has 0 spiro atoms. The molecule has 2 aromatic heterocycles. The first kappa shape index (κ1) is 12.8. The summed E-state index contributed by atoms with van der Waals surface area (Å²) < 4.78 is 0. The Labute approximate surface area is 110 Å². The van der Waals surface area contributed by atoms with Crippen molar-refractivity contribution in [2.24, 2.45) is 0 Å². The van der Waals surface area contributed by atoms with Crippen molar-refractivity contribution >= 4 is 17.2 Å². The smallest absolute Gasteiger partial charge is 0.255 e. The van der Waals surface area contributed by atoms with Crippen LogP contribution in [0.5, 0.6) is 0 Å². The number of aromatic amines is 1. The Hall–Kier alpha value is -1.69. The third-order valence-corrected chi connectivity index (χ3v) is 4.01. The molecule has 0 bridgehead atoms. The van der Waals surface area contributed by atoms with E-state index >= 15 is 0 Å². The van der Waals surface area contributed by atoms with Crippen LogP contribution in [0.25, 0.3) is 0 Å². The number of hydrogen-bond acceptors (Lipinski definition) is 4. The number of H-pyrrole nitrogens is 1. The zero-order valence-electron chi connectivity index (χ0n) is 10.9. The van der Waals surface area contributed by atoms with Gasteiger partial charge in [0.05, 0.1) is 28.5 Å². The largest absolute Gasteiger partial charge is 0.345 e. The molecule has 0 radical (unpaired) electrons. The summed E-state index contributed by atoms with van der Waals surface area (Å²) in [7, 11) is 0. The van der Waals surface area contributed by atoms with Gasteiger partial charge in [0, 0.05) is 10.6 Å². The standard InChI is InChI=1S/C12H16N4OS/c1-6-10(5-13-16-6)12(17)15-8(3)11-7(2)14-9(4)18-11/h5,8H,1-4H3,(H,13,16)(H,15,17). The highest BCUT2D eigenvalue weighted by Crippen LogP contribution is 2.24. The number of aryl methyl sites for hydroxylation is 3. The molecule has 6 heteroatoms. The van der Waals surface area contributed by atoms with Gasteiger partial charge in [0.1, 0.15) is 0 Å². The summed E-state index contributed by atoms with van der Waals surface area (Å²) in [4.78, 5) is 17.5. The summed E-state index contributed by atoms with van der Waals surface area (Å²) in [6.45, 7) is 7.72. The topological polar surface area (TPSA) is 70.7 Å². The van der Waals surface area contributed by atoms with Crippen LogP contribution in [0.4, 0.5) is 0 Å². The van der Waals surface area contributed by atoms with Crippen LogP contribution >= 0.6 is 11.3 Å². The lowest BCUT2D eigenvalue weighted by Crippen LogP contribution is -2.26. The number of nitrogens with zero attached hydrogens (tertiary/aromatic N) is 2. The maximum atomic E-state index is 12.0. The maximum Gasteiger partial charge on any atom is 0.255 e. The lowest BCUT2D eigenvalue weighted by molar-refractivity contribution is 0.0940. The summed E-state index contributed by atoms with van der Waals surface area (Å²) in [6.07, 6.45) is 1.54. The lowest BCUT2D eigenvalue weighted by Gasteiger charge is -2.12. The molecular weight excluding hydrogens is 248 g/mol. The highest BCUT2D eigenvalue weighted by atomic mass is 32.1. The van der Waals surface area contributed by atoms with E-state index in [0.717, 1.165) is 21.3 Å². The van der Waals surface area contributed by atoms with Gasteiger partial charge in [0.2, 0.25) is 0 Å². The van der Waals surface area contributed by atoms with E-state index in [1.165, 1.54) is 0 Å². The van der Waals surface area contributed by atoms with Gasteiger partial charge in [0.15, 0.2) is 0 Å². The van der Waals surface area contributed by atoms with Gasteiger partial charge in [-0.2, -0.15) is 5.10 Å². The Morgan fingerprint density at radius 3 is 2.67 bits per heavy atom. The van der Waals surface area contributed by atoms with Crippen molar-refractivity contribution in [3.8, 4) is 0 Å². The Kier molecular flexibility index (Phi) is 3.47. The van der Waals surface area contributed by atoms with Crippen molar-refractivity contribution in [2.45, 2.75) is 33.7 Å². The molecule has 0 saturated heterocycles. The molecule has 1 atom stereocenters. The van der Waals surface area contributed by atoms with Crippen LogP contribution in [0, 0.1) is 20.8 Å². The highest BCUT2D eigenvalue weighted by molar-refractivity contribution is 7.11. The molecule has 18 heavy (non-hydrogen) atoms. The number of nitrogens with one attached hydrogen (secondary N) is 2. The molecular formula is C12H16N4OS. The van der Waals surface area contributed by atoms with Crippen molar-refractivity contribution in [1.29, 1.82) is 0 Å². The number of thiazole rings is 1. The Balaban J connectivity index is 2.13. The average molecular weight is 264 g/mol. The fraction of sp³-hybridized carbons (Fsp3) is 0.417. The molecule has 96 valence electrons. The molecule has 1 amide bonds. The summed E-state index contributed by atoms with van der Waals surface area (Å²) in [5.41, 5.74) is 2.34. The highest BCUT2D eigenvalue weighted by Gasteiger charge is 2.17. The Bertz CT molecular complexity index is 572. The second kappa shape index (κ2) is 4.89. The Morgan fingerprint density at radius 1 is 1.44 bits per heavy atom. The van der Waals surface area contributed by atoms with Gasteiger partial charge in [-0.25, -0.2) is 4.98 Å². The van der Waals surface area contributed by atoms with Gasteiger partial charge >= 0.3 is 0 Å². The first-order valence-corrected chi connectivity index (χ1v) is 6.55. The number of aromatic nitrogens is 3. The zero-order chi connectivity index (χ0) is 13.3. The molecule has 0 aliphatic heterocycles.